The highest BCUT2D eigenvalue weighted by Crippen LogP contribution is 2.33. The van der Waals surface area contributed by atoms with Crippen LogP contribution in [0.5, 0.6) is 0 Å². The van der Waals surface area contributed by atoms with Crippen molar-refractivity contribution in [2.24, 2.45) is 5.73 Å². The summed E-state index contributed by atoms with van der Waals surface area (Å²) in [6, 6.07) is 4.54. The van der Waals surface area contributed by atoms with Gasteiger partial charge in [0.15, 0.2) is 0 Å². The molecule has 3 nitrogen and oxygen atoms in total. The second-order valence-corrected chi connectivity index (χ2v) is 6.61. The first kappa shape index (κ1) is 14.8. The predicted octanol–water partition coefficient (Wildman–Crippen LogP) is 3.76. The lowest BCUT2D eigenvalue weighted by molar-refractivity contribution is 0.589. The molecule has 0 amide bonds. The van der Waals surface area contributed by atoms with Gasteiger partial charge in [0.2, 0.25) is 0 Å². The van der Waals surface area contributed by atoms with Gasteiger partial charge in [-0.25, -0.2) is 0 Å². The first-order valence-corrected chi connectivity index (χ1v) is 7.11. The number of aromatic amines is 1. The van der Waals surface area contributed by atoms with Crippen molar-refractivity contribution in [1.82, 2.24) is 10.2 Å². The van der Waals surface area contributed by atoms with Crippen LogP contribution in [0.4, 0.5) is 0 Å². The zero-order chi connectivity index (χ0) is 15.1. The molecule has 0 saturated carbocycles. The van der Waals surface area contributed by atoms with Crippen LogP contribution in [0.1, 0.15) is 48.7 Å². The van der Waals surface area contributed by atoms with Gasteiger partial charge in [-0.15, -0.1) is 0 Å². The van der Waals surface area contributed by atoms with E-state index in [-0.39, 0.29) is 5.41 Å². The van der Waals surface area contributed by atoms with E-state index >= 15 is 0 Å². The molecule has 0 unspecified atom stereocenters. The third-order valence-electron chi connectivity index (χ3n) is 3.91. The van der Waals surface area contributed by atoms with E-state index < -0.39 is 0 Å². The molecule has 2 aromatic rings. The summed E-state index contributed by atoms with van der Waals surface area (Å²) < 4.78 is 0. The molecule has 0 aliphatic carbocycles. The van der Waals surface area contributed by atoms with Gasteiger partial charge in [-0.05, 0) is 42.9 Å². The maximum atomic E-state index is 5.87. The number of aryl methyl sites for hydroxylation is 3. The molecule has 0 atom stereocenters. The van der Waals surface area contributed by atoms with Crippen LogP contribution in [0, 0.1) is 20.8 Å². The van der Waals surface area contributed by atoms with Crippen molar-refractivity contribution < 1.29 is 0 Å². The van der Waals surface area contributed by atoms with Crippen LogP contribution in [0.2, 0.25) is 0 Å². The minimum absolute atomic E-state index is 0.159. The Balaban J connectivity index is 2.64. The summed E-state index contributed by atoms with van der Waals surface area (Å²) in [5, 5.41) is 7.52. The Morgan fingerprint density at radius 3 is 2.10 bits per heavy atom. The molecule has 1 heterocycles. The number of rotatable bonds is 2. The second kappa shape index (κ2) is 5.06. The number of nitrogens with one attached hydrogen (secondary N) is 1. The van der Waals surface area contributed by atoms with Crippen LogP contribution in [-0.4, -0.2) is 10.2 Å². The normalized spacial score (nSPS) is 11.9. The molecule has 108 valence electrons. The highest BCUT2D eigenvalue weighted by molar-refractivity contribution is 5.71. The lowest BCUT2D eigenvalue weighted by Gasteiger charge is -2.22. The molecule has 0 saturated heterocycles. The average Bonchev–Trinajstić information content (AvgIpc) is 2.68. The van der Waals surface area contributed by atoms with Gasteiger partial charge in [-0.3, -0.25) is 5.10 Å². The molecule has 0 fully saturated rings. The van der Waals surface area contributed by atoms with E-state index in [0.717, 1.165) is 17.0 Å². The molecule has 1 aromatic heterocycles. The van der Waals surface area contributed by atoms with Crippen molar-refractivity contribution in [1.29, 1.82) is 0 Å². The monoisotopic (exact) mass is 271 g/mol. The molecule has 0 aliphatic heterocycles. The summed E-state index contributed by atoms with van der Waals surface area (Å²) in [4.78, 5) is 0. The van der Waals surface area contributed by atoms with E-state index in [0.29, 0.717) is 6.54 Å². The van der Waals surface area contributed by atoms with Crippen molar-refractivity contribution >= 4 is 0 Å². The smallest absolute Gasteiger partial charge is 0.0973 e. The highest BCUT2D eigenvalue weighted by atomic mass is 15.1. The van der Waals surface area contributed by atoms with E-state index in [9.17, 15) is 0 Å². The number of nitrogens with zero attached hydrogens (tertiary/aromatic N) is 1. The van der Waals surface area contributed by atoms with Crippen LogP contribution >= 0.6 is 0 Å². The molecule has 3 heteroatoms. The van der Waals surface area contributed by atoms with Gasteiger partial charge in [-0.2, -0.15) is 5.10 Å². The summed E-state index contributed by atoms with van der Waals surface area (Å²) in [6.07, 6.45) is 0. The first-order valence-electron chi connectivity index (χ1n) is 7.11. The molecule has 2 rings (SSSR count). The Kier molecular flexibility index (Phi) is 3.74. The number of hydrogen-bond acceptors (Lipinski definition) is 2. The summed E-state index contributed by atoms with van der Waals surface area (Å²) in [5.74, 6) is 0. The van der Waals surface area contributed by atoms with Crippen molar-refractivity contribution in [3.8, 4) is 11.3 Å². The third-order valence-corrected chi connectivity index (χ3v) is 3.91. The van der Waals surface area contributed by atoms with Crippen LogP contribution < -0.4 is 5.73 Å². The Labute approximate surface area is 121 Å². The lowest BCUT2D eigenvalue weighted by Crippen LogP contribution is -2.12. The SMILES string of the molecule is Cc1cc(C(C)(C)C)cc(C)c1-c1n[nH]c(C)c1CN. The van der Waals surface area contributed by atoms with Gasteiger partial charge in [0.05, 0.1) is 5.69 Å². The Morgan fingerprint density at radius 2 is 1.65 bits per heavy atom. The first-order chi connectivity index (χ1) is 9.25. The van der Waals surface area contributed by atoms with Gasteiger partial charge in [0.1, 0.15) is 0 Å². The number of hydrogen-bond donors (Lipinski definition) is 2. The number of aromatic nitrogens is 2. The number of H-pyrrole nitrogens is 1. The minimum atomic E-state index is 0.159. The van der Waals surface area contributed by atoms with E-state index in [1.165, 1.54) is 22.3 Å². The fraction of sp³-hybridized carbons (Fsp3) is 0.471. The third kappa shape index (κ3) is 2.50. The van der Waals surface area contributed by atoms with Crippen molar-refractivity contribution in [3.63, 3.8) is 0 Å². The van der Waals surface area contributed by atoms with Crippen molar-refractivity contribution in [2.75, 3.05) is 0 Å². The maximum Gasteiger partial charge on any atom is 0.0973 e. The molecule has 20 heavy (non-hydrogen) atoms. The van der Waals surface area contributed by atoms with Gasteiger partial charge >= 0.3 is 0 Å². The summed E-state index contributed by atoms with van der Waals surface area (Å²) in [5.41, 5.74) is 14.3. The van der Waals surface area contributed by atoms with Gasteiger partial charge < -0.3 is 5.73 Å². The maximum absolute atomic E-state index is 5.87. The zero-order valence-electron chi connectivity index (χ0n) is 13.4. The van der Waals surface area contributed by atoms with E-state index in [4.69, 9.17) is 5.73 Å². The number of benzene rings is 1. The Hall–Kier alpha value is -1.61. The van der Waals surface area contributed by atoms with Crippen molar-refractivity contribution in [2.45, 2.75) is 53.5 Å². The van der Waals surface area contributed by atoms with Gasteiger partial charge in [-0.1, -0.05) is 32.9 Å². The number of nitrogens with two attached hydrogens (primary N) is 1. The molecule has 0 spiro atoms. The predicted molar refractivity (Wildman–Crippen MR) is 84.8 cm³/mol. The molecule has 1 aromatic carbocycles. The van der Waals surface area contributed by atoms with Gasteiger partial charge in [0, 0.05) is 23.4 Å². The second-order valence-electron chi connectivity index (χ2n) is 6.61. The largest absolute Gasteiger partial charge is 0.326 e. The Morgan fingerprint density at radius 1 is 1.10 bits per heavy atom. The molecular weight excluding hydrogens is 246 g/mol. The van der Waals surface area contributed by atoms with Crippen molar-refractivity contribution in [3.05, 3.63) is 40.1 Å². The van der Waals surface area contributed by atoms with Crippen LogP contribution in [0.25, 0.3) is 11.3 Å². The highest BCUT2D eigenvalue weighted by Gasteiger charge is 2.19. The summed E-state index contributed by atoms with van der Waals surface area (Å²) >= 11 is 0. The summed E-state index contributed by atoms with van der Waals surface area (Å²) in [7, 11) is 0. The summed E-state index contributed by atoms with van der Waals surface area (Å²) in [6.45, 7) is 13.6. The molecular formula is C17H25N3. The van der Waals surface area contributed by atoms with E-state index in [2.05, 4.69) is 56.9 Å². The topological polar surface area (TPSA) is 54.7 Å². The zero-order valence-corrected chi connectivity index (χ0v) is 13.4. The van der Waals surface area contributed by atoms with E-state index in [1.54, 1.807) is 0 Å². The van der Waals surface area contributed by atoms with E-state index in [1.807, 2.05) is 6.92 Å². The average molecular weight is 271 g/mol. The fourth-order valence-corrected chi connectivity index (χ4v) is 2.68. The molecule has 0 aliphatic rings. The minimum Gasteiger partial charge on any atom is -0.326 e. The van der Waals surface area contributed by atoms with Crippen LogP contribution in [0.15, 0.2) is 12.1 Å². The quantitative estimate of drug-likeness (QED) is 0.873. The molecule has 0 bridgehead atoms. The molecule has 0 radical (unpaired) electrons. The lowest BCUT2D eigenvalue weighted by atomic mass is 9.83. The standard InChI is InChI=1S/C17H25N3/c1-10-7-13(17(4,5)6)8-11(2)15(10)16-14(9-18)12(3)19-20-16/h7-8H,9,18H2,1-6H3,(H,19,20). The van der Waals surface area contributed by atoms with Crippen LogP contribution in [-0.2, 0) is 12.0 Å². The fourth-order valence-electron chi connectivity index (χ4n) is 2.68. The van der Waals surface area contributed by atoms with Crippen LogP contribution in [0.3, 0.4) is 0 Å². The molecule has 3 N–H and O–H groups in total. The van der Waals surface area contributed by atoms with Gasteiger partial charge in [0.25, 0.3) is 0 Å². The Bertz CT molecular complexity index is 607.